The number of carbonyl (C=O) groups excluding carboxylic acids is 1. The number of carbonyl (C=O) groups is 1. The van der Waals surface area contributed by atoms with Crippen LogP contribution in [0, 0.1) is 5.92 Å². The lowest BCUT2D eigenvalue weighted by Gasteiger charge is -2.25. The highest BCUT2D eigenvalue weighted by Crippen LogP contribution is 2.38. The summed E-state index contributed by atoms with van der Waals surface area (Å²) in [5, 5.41) is 0.225. The maximum atomic E-state index is 14.0. The molecule has 3 aromatic carbocycles. The van der Waals surface area contributed by atoms with Crippen LogP contribution in [0.2, 0.25) is 5.02 Å². The van der Waals surface area contributed by atoms with Gasteiger partial charge in [-0.25, -0.2) is 4.98 Å². The van der Waals surface area contributed by atoms with Gasteiger partial charge in [0.1, 0.15) is 11.6 Å². The van der Waals surface area contributed by atoms with E-state index in [9.17, 15) is 4.79 Å². The summed E-state index contributed by atoms with van der Waals surface area (Å²) in [6.07, 6.45) is 1.59. The van der Waals surface area contributed by atoms with Crippen LogP contribution in [-0.4, -0.2) is 53.6 Å². The summed E-state index contributed by atoms with van der Waals surface area (Å²) >= 11 is 12.5. The van der Waals surface area contributed by atoms with E-state index in [4.69, 9.17) is 42.4 Å². The monoisotopic (exact) mass is 597 g/mol. The number of rotatable bonds is 14. The van der Waals surface area contributed by atoms with Crippen LogP contribution >= 0.6 is 23.2 Å². The second-order valence-corrected chi connectivity index (χ2v) is 10.9. The van der Waals surface area contributed by atoms with Crippen molar-refractivity contribution >= 4 is 40.1 Å². The highest BCUT2D eigenvalue weighted by atomic mass is 35.5. The summed E-state index contributed by atoms with van der Waals surface area (Å²) in [7, 11) is 3.05. The molecule has 1 heterocycles. The number of fused-ring (bicyclic) bond motifs is 1. The number of imidazole rings is 1. The van der Waals surface area contributed by atoms with Crippen LogP contribution in [0.25, 0.3) is 11.0 Å². The van der Waals surface area contributed by atoms with Crippen molar-refractivity contribution in [2.24, 2.45) is 5.92 Å². The summed E-state index contributed by atoms with van der Waals surface area (Å²) in [5.41, 5.74) is 3.23. The first-order chi connectivity index (χ1) is 19.9. The number of amides is 1. The van der Waals surface area contributed by atoms with Crippen LogP contribution in [-0.2, 0) is 13.1 Å². The Morgan fingerprint density at radius 1 is 1.00 bits per heavy atom. The van der Waals surface area contributed by atoms with Gasteiger partial charge < -0.3 is 23.7 Å². The molecule has 9 heteroatoms. The first-order valence-corrected chi connectivity index (χ1v) is 14.7. The number of alkyl halides is 1. The number of methoxy groups -OCH3 is 2. The molecular weight excluding hydrogens is 561 g/mol. The van der Waals surface area contributed by atoms with Crippen LogP contribution in [0.1, 0.15) is 48.4 Å². The number of hydrogen-bond donors (Lipinski definition) is 0. The quantitative estimate of drug-likeness (QED) is 0.111. The lowest BCUT2D eigenvalue weighted by Crippen LogP contribution is -2.33. The Bertz CT molecular complexity index is 1470. The summed E-state index contributed by atoms with van der Waals surface area (Å²) < 4.78 is 19.0. The SMILES string of the molecule is COc1ccc(C(=O)N(CCC(C)C)Cc2nc3ccccc3n2Cc2ccccc2OCCCCl)c(Cl)c1OC. The summed E-state index contributed by atoms with van der Waals surface area (Å²) in [5.74, 6) is 3.14. The molecule has 41 heavy (non-hydrogen) atoms. The zero-order valence-corrected chi connectivity index (χ0v) is 25.5. The van der Waals surface area contributed by atoms with Gasteiger partial charge in [-0.2, -0.15) is 0 Å². The van der Waals surface area contributed by atoms with E-state index in [2.05, 4.69) is 24.5 Å². The van der Waals surface area contributed by atoms with Crippen molar-refractivity contribution < 1.29 is 19.0 Å². The molecule has 218 valence electrons. The lowest BCUT2D eigenvalue weighted by molar-refractivity contribution is 0.0729. The Hall–Kier alpha value is -3.42. The highest BCUT2D eigenvalue weighted by Gasteiger charge is 2.25. The van der Waals surface area contributed by atoms with E-state index in [1.807, 2.05) is 47.4 Å². The van der Waals surface area contributed by atoms with Gasteiger partial charge in [0.15, 0.2) is 11.5 Å². The van der Waals surface area contributed by atoms with E-state index in [1.54, 1.807) is 12.1 Å². The van der Waals surface area contributed by atoms with Crippen molar-refractivity contribution in [1.29, 1.82) is 0 Å². The van der Waals surface area contributed by atoms with Crippen molar-refractivity contribution in [3.63, 3.8) is 0 Å². The molecule has 0 radical (unpaired) electrons. The Morgan fingerprint density at radius 2 is 1.76 bits per heavy atom. The van der Waals surface area contributed by atoms with E-state index in [-0.39, 0.29) is 10.9 Å². The Kier molecular flexibility index (Phi) is 10.8. The minimum absolute atomic E-state index is 0.194. The summed E-state index contributed by atoms with van der Waals surface area (Å²) in [6, 6.07) is 19.4. The summed E-state index contributed by atoms with van der Waals surface area (Å²) in [4.78, 5) is 20.8. The van der Waals surface area contributed by atoms with Gasteiger partial charge in [-0.3, -0.25) is 4.79 Å². The molecule has 4 aromatic rings. The second-order valence-electron chi connectivity index (χ2n) is 10.2. The van der Waals surface area contributed by atoms with Crippen LogP contribution in [0.5, 0.6) is 17.2 Å². The van der Waals surface area contributed by atoms with Crippen molar-refractivity contribution in [2.45, 2.75) is 39.8 Å². The Morgan fingerprint density at radius 3 is 2.49 bits per heavy atom. The zero-order chi connectivity index (χ0) is 29.4. The molecule has 7 nitrogen and oxygen atoms in total. The molecular formula is C32H37Cl2N3O4. The van der Waals surface area contributed by atoms with Crippen LogP contribution in [0.4, 0.5) is 0 Å². The predicted octanol–water partition coefficient (Wildman–Crippen LogP) is 7.45. The van der Waals surface area contributed by atoms with Crippen molar-refractivity contribution in [1.82, 2.24) is 14.5 Å². The minimum Gasteiger partial charge on any atom is -0.493 e. The number of hydrogen-bond acceptors (Lipinski definition) is 5. The molecule has 0 N–H and O–H groups in total. The number of halogens is 2. The minimum atomic E-state index is -0.194. The third-order valence-electron chi connectivity index (χ3n) is 6.88. The van der Waals surface area contributed by atoms with E-state index >= 15 is 0 Å². The molecule has 0 aliphatic rings. The van der Waals surface area contributed by atoms with E-state index < -0.39 is 0 Å². The molecule has 0 bridgehead atoms. The van der Waals surface area contributed by atoms with Gasteiger partial charge in [-0.1, -0.05) is 55.8 Å². The van der Waals surface area contributed by atoms with Crippen LogP contribution in [0.3, 0.4) is 0 Å². The molecule has 0 aliphatic carbocycles. The van der Waals surface area contributed by atoms with Crippen LogP contribution < -0.4 is 14.2 Å². The molecule has 1 amide bonds. The second kappa shape index (κ2) is 14.5. The molecule has 0 atom stereocenters. The molecule has 0 fully saturated rings. The standard InChI is InChI=1S/C32H37Cl2N3O4/c1-22(2)16-18-36(32(38)24-14-15-28(39-3)31(40-4)30(24)34)21-29-35-25-11-6-7-12-26(25)37(29)20-23-10-5-8-13-27(23)41-19-9-17-33/h5-8,10-15,22H,9,16-21H2,1-4H3. The fourth-order valence-corrected chi connectivity index (χ4v) is 5.09. The number of benzene rings is 3. The van der Waals surface area contributed by atoms with Crippen LogP contribution in [0.15, 0.2) is 60.7 Å². The predicted molar refractivity (Wildman–Crippen MR) is 165 cm³/mol. The van der Waals surface area contributed by atoms with Gasteiger partial charge >= 0.3 is 0 Å². The number of aromatic nitrogens is 2. The molecule has 0 saturated carbocycles. The maximum absolute atomic E-state index is 14.0. The van der Waals surface area contributed by atoms with E-state index in [0.717, 1.165) is 41.0 Å². The third-order valence-corrected chi connectivity index (χ3v) is 7.52. The highest BCUT2D eigenvalue weighted by molar-refractivity contribution is 6.35. The smallest absolute Gasteiger partial charge is 0.255 e. The number of nitrogens with zero attached hydrogens (tertiary/aromatic N) is 3. The average Bonchev–Trinajstić information content (AvgIpc) is 3.32. The Labute approximate surface area is 251 Å². The van der Waals surface area contributed by atoms with Crippen molar-refractivity contribution in [2.75, 3.05) is 33.3 Å². The van der Waals surface area contributed by atoms with E-state index in [0.29, 0.717) is 55.1 Å². The summed E-state index contributed by atoms with van der Waals surface area (Å²) in [6.45, 7) is 6.21. The third kappa shape index (κ3) is 7.27. The largest absolute Gasteiger partial charge is 0.493 e. The maximum Gasteiger partial charge on any atom is 0.255 e. The molecule has 0 unspecified atom stereocenters. The van der Waals surface area contributed by atoms with Crippen molar-refractivity contribution in [3.05, 3.63) is 82.6 Å². The van der Waals surface area contributed by atoms with Gasteiger partial charge in [-0.05, 0) is 49.1 Å². The number of ether oxygens (including phenoxy) is 3. The molecule has 0 saturated heterocycles. The van der Waals surface area contributed by atoms with E-state index in [1.165, 1.54) is 14.2 Å². The molecule has 0 spiro atoms. The first kappa shape index (κ1) is 30.5. The lowest BCUT2D eigenvalue weighted by atomic mass is 10.1. The van der Waals surface area contributed by atoms with Crippen molar-refractivity contribution in [3.8, 4) is 17.2 Å². The fraction of sp³-hybridized carbons (Fsp3) is 0.375. The van der Waals surface area contributed by atoms with Gasteiger partial charge in [0.05, 0.1) is 55.5 Å². The fourth-order valence-electron chi connectivity index (χ4n) is 4.67. The first-order valence-electron chi connectivity index (χ1n) is 13.8. The Balaban J connectivity index is 1.72. The number of para-hydroxylation sites is 3. The average molecular weight is 599 g/mol. The zero-order valence-electron chi connectivity index (χ0n) is 24.0. The van der Waals surface area contributed by atoms with Gasteiger partial charge in [0, 0.05) is 18.0 Å². The topological polar surface area (TPSA) is 65.8 Å². The molecule has 0 aliphatic heterocycles. The van der Waals surface area contributed by atoms with Gasteiger partial charge in [-0.15, -0.1) is 11.6 Å². The van der Waals surface area contributed by atoms with Gasteiger partial charge in [0.2, 0.25) is 0 Å². The molecule has 1 aromatic heterocycles. The van der Waals surface area contributed by atoms with Gasteiger partial charge in [0.25, 0.3) is 5.91 Å². The molecule has 4 rings (SSSR count). The normalized spacial score (nSPS) is 11.2.